The highest BCUT2D eigenvalue weighted by Crippen LogP contribution is 2.30. The molecule has 5 rings (SSSR count). The van der Waals surface area contributed by atoms with Crippen LogP contribution in [0.25, 0.3) is 11.3 Å². The summed E-state index contributed by atoms with van der Waals surface area (Å²) >= 11 is 1.64. The van der Waals surface area contributed by atoms with E-state index in [1.807, 2.05) is 26.0 Å². The van der Waals surface area contributed by atoms with Crippen LogP contribution in [-0.2, 0) is 14.3 Å². The van der Waals surface area contributed by atoms with Crippen molar-refractivity contribution in [3.8, 4) is 11.3 Å². The molecule has 0 aliphatic carbocycles. The van der Waals surface area contributed by atoms with Gasteiger partial charge in [0.25, 0.3) is 5.91 Å². The Morgan fingerprint density at radius 3 is 2.56 bits per heavy atom. The van der Waals surface area contributed by atoms with E-state index in [-0.39, 0.29) is 42.3 Å². The number of carbonyl (C=O) groups excluding carboxylic acids is 3. The van der Waals surface area contributed by atoms with E-state index in [1.54, 1.807) is 35.4 Å². The van der Waals surface area contributed by atoms with E-state index in [1.165, 1.54) is 0 Å². The smallest absolute Gasteiger partial charge is 0.251 e. The summed E-state index contributed by atoms with van der Waals surface area (Å²) in [6, 6.07) is 5.88. The van der Waals surface area contributed by atoms with Gasteiger partial charge in [0.1, 0.15) is 24.8 Å². The number of likely N-dealkylation sites (tertiary alicyclic amines) is 1. The average molecular weight is 555 g/mol. The number of fused-ring (bicyclic) bond motifs is 1. The zero-order valence-electron chi connectivity index (χ0n) is 23.1. The highest BCUT2D eigenvalue weighted by molar-refractivity contribution is 7.14. The zero-order valence-corrected chi connectivity index (χ0v) is 23.9. The summed E-state index contributed by atoms with van der Waals surface area (Å²) in [7, 11) is 3.94. The first-order chi connectivity index (χ1) is 18.8. The number of likely N-dealkylation sites (N-methyl/N-ethyl adjacent to an activating group) is 2. The lowest BCUT2D eigenvalue weighted by Gasteiger charge is -2.32. The van der Waals surface area contributed by atoms with Gasteiger partial charge in [-0.25, -0.2) is 4.98 Å². The first-order valence-electron chi connectivity index (χ1n) is 13.7. The molecule has 10 nitrogen and oxygen atoms in total. The summed E-state index contributed by atoms with van der Waals surface area (Å²) in [5.41, 5.74) is 2.31. The van der Waals surface area contributed by atoms with Crippen molar-refractivity contribution in [3.63, 3.8) is 0 Å². The number of Topliss-reactive ketones (excluding diaryl/α,β-unsaturated/α-hetero) is 1. The molecule has 11 heteroatoms. The molecular formula is C28H38N6O4S. The van der Waals surface area contributed by atoms with Crippen molar-refractivity contribution in [2.75, 3.05) is 58.3 Å². The maximum absolute atomic E-state index is 13.7. The number of hydrogen-bond acceptors (Lipinski definition) is 9. The third-order valence-corrected chi connectivity index (χ3v) is 9.21. The Bertz CT molecular complexity index is 1190. The number of thiazole rings is 1. The molecule has 2 amide bonds. The largest absolute Gasteiger partial charge is 0.366 e. The maximum atomic E-state index is 13.7. The molecular weight excluding hydrogens is 516 g/mol. The van der Waals surface area contributed by atoms with E-state index in [9.17, 15) is 14.4 Å². The molecule has 0 unspecified atom stereocenters. The summed E-state index contributed by atoms with van der Waals surface area (Å²) in [4.78, 5) is 50.6. The minimum absolute atomic E-state index is 0.0137. The normalized spacial score (nSPS) is 25.0. The van der Waals surface area contributed by atoms with Gasteiger partial charge in [0.2, 0.25) is 5.91 Å². The monoisotopic (exact) mass is 554 g/mol. The van der Waals surface area contributed by atoms with Gasteiger partial charge in [-0.15, -0.1) is 11.3 Å². The quantitative estimate of drug-likeness (QED) is 0.506. The van der Waals surface area contributed by atoms with Gasteiger partial charge >= 0.3 is 0 Å². The van der Waals surface area contributed by atoms with Gasteiger partial charge in [0.15, 0.2) is 10.9 Å². The summed E-state index contributed by atoms with van der Waals surface area (Å²) in [5.74, 6) is -0.742. The minimum atomic E-state index is -0.739. The van der Waals surface area contributed by atoms with Gasteiger partial charge in [-0.1, -0.05) is 32.4 Å². The maximum Gasteiger partial charge on any atom is 0.251 e. The van der Waals surface area contributed by atoms with Crippen molar-refractivity contribution >= 4 is 34.1 Å². The molecule has 1 aromatic heterocycles. The van der Waals surface area contributed by atoms with E-state index in [2.05, 4.69) is 32.9 Å². The number of ether oxygens (including phenoxy) is 1. The fourth-order valence-corrected chi connectivity index (χ4v) is 6.44. The molecule has 4 heterocycles. The molecule has 0 bridgehead atoms. The van der Waals surface area contributed by atoms with Crippen LogP contribution >= 0.6 is 11.3 Å². The molecule has 210 valence electrons. The van der Waals surface area contributed by atoms with Crippen LogP contribution in [0.3, 0.4) is 0 Å². The number of amides is 2. The molecule has 3 aliphatic heterocycles. The van der Waals surface area contributed by atoms with E-state index in [0.29, 0.717) is 18.5 Å². The van der Waals surface area contributed by atoms with Crippen LogP contribution in [0.15, 0.2) is 29.6 Å². The number of nitrogens with zero attached hydrogens (tertiary/aromatic N) is 4. The molecule has 1 aromatic carbocycles. The topological polar surface area (TPSA) is 107 Å². The first-order valence-corrected chi connectivity index (χ1v) is 14.6. The van der Waals surface area contributed by atoms with Crippen molar-refractivity contribution in [1.29, 1.82) is 0 Å². The fourth-order valence-electron chi connectivity index (χ4n) is 5.56. The molecule has 0 saturated carbocycles. The van der Waals surface area contributed by atoms with Gasteiger partial charge in [0, 0.05) is 49.2 Å². The van der Waals surface area contributed by atoms with E-state index in [4.69, 9.17) is 9.72 Å². The van der Waals surface area contributed by atoms with Gasteiger partial charge in [-0.05, 0) is 32.1 Å². The van der Waals surface area contributed by atoms with Crippen molar-refractivity contribution in [3.05, 3.63) is 35.2 Å². The molecule has 0 radical (unpaired) electrons. The number of piperazine rings is 1. The van der Waals surface area contributed by atoms with Crippen molar-refractivity contribution in [2.45, 2.75) is 44.5 Å². The standard InChI is InChI=1S/C28H38N6O4S/c1-5-17(2)23(27(37)34-14-20(29-3)25-24(34)22(35)15-38-25)31-26(36)19-8-6-18(7-9-19)21-16-39-28(30-21)33-12-10-32(4)11-13-33/h6-9,16-17,20,23-25,29H,5,10-15H2,1-4H3,(H,31,36)/t17-,20-,23-,24+,25-/m0/s1. The van der Waals surface area contributed by atoms with E-state index < -0.39 is 12.1 Å². The first kappa shape index (κ1) is 27.7. The second-order valence-electron chi connectivity index (χ2n) is 10.8. The van der Waals surface area contributed by atoms with Crippen molar-refractivity contribution in [1.82, 2.24) is 25.4 Å². The zero-order chi connectivity index (χ0) is 27.7. The predicted molar refractivity (Wildman–Crippen MR) is 151 cm³/mol. The lowest BCUT2D eigenvalue weighted by atomic mass is 9.96. The lowest BCUT2D eigenvalue weighted by Crippen LogP contribution is -2.54. The summed E-state index contributed by atoms with van der Waals surface area (Å²) in [6.07, 6.45) is 0.353. The third-order valence-electron chi connectivity index (χ3n) is 8.31. The van der Waals surface area contributed by atoms with Crippen LogP contribution in [0, 0.1) is 5.92 Å². The Hall–Kier alpha value is -2.86. The van der Waals surface area contributed by atoms with Gasteiger partial charge in [0.05, 0.1) is 11.7 Å². The van der Waals surface area contributed by atoms with Crippen LogP contribution < -0.4 is 15.5 Å². The third kappa shape index (κ3) is 5.58. The number of rotatable bonds is 8. The Kier molecular flexibility index (Phi) is 8.32. The molecule has 3 fully saturated rings. The van der Waals surface area contributed by atoms with Gasteiger partial charge in [-0.3, -0.25) is 14.4 Å². The average Bonchev–Trinajstić information content (AvgIpc) is 3.68. The minimum Gasteiger partial charge on any atom is -0.366 e. The molecule has 3 saturated heterocycles. The summed E-state index contributed by atoms with van der Waals surface area (Å²) in [5, 5.41) is 9.20. The highest BCUT2D eigenvalue weighted by atomic mass is 32.1. The number of benzene rings is 1. The van der Waals surface area contributed by atoms with Crippen molar-refractivity contribution < 1.29 is 19.1 Å². The number of ketones is 1. The molecule has 2 aromatic rings. The molecule has 0 spiro atoms. The Labute approximate surface area is 233 Å². The Morgan fingerprint density at radius 1 is 1.18 bits per heavy atom. The second-order valence-corrected chi connectivity index (χ2v) is 11.6. The molecule has 5 atom stereocenters. The molecule has 2 N–H and O–H groups in total. The number of anilines is 1. The van der Waals surface area contributed by atoms with E-state index >= 15 is 0 Å². The second kappa shape index (κ2) is 11.7. The lowest BCUT2D eigenvalue weighted by molar-refractivity contribution is -0.139. The summed E-state index contributed by atoms with van der Waals surface area (Å²) < 4.78 is 5.68. The Morgan fingerprint density at radius 2 is 1.90 bits per heavy atom. The van der Waals surface area contributed by atoms with Gasteiger partial charge < -0.3 is 30.1 Å². The fraction of sp³-hybridized carbons (Fsp3) is 0.571. The van der Waals surface area contributed by atoms with Crippen LogP contribution in [0.5, 0.6) is 0 Å². The number of nitrogens with one attached hydrogen (secondary N) is 2. The van der Waals surface area contributed by atoms with Crippen LogP contribution in [-0.4, -0.2) is 110 Å². The van der Waals surface area contributed by atoms with Gasteiger partial charge in [-0.2, -0.15) is 0 Å². The van der Waals surface area contributed by atoms with Crippen molar-refractivity contribution in [2.24, 2.45) is 5.92 Å². The SMILES string of the molecule is CC[C@H](C)[C@H](NC(=O)c1ccc(-c2csc(N3CCN(C)CC3)n2)cc1)C(=O)N1C[C@H](NC)[C@@H]2OCC(=O)[C@H]21. The molecule has 3 aliphatic rings. The van der Waals surface area contributed by atoms with Crippen LogP contribution in [0.4, 0.5) is 5.13 Å². The molecule has 39 heavy (non-hydrogen) atoms. The Balaban J connectivity index is 1.27. The van der Waals surface area contributed by atoms with Crippen LogP contribution in [0.2, 0.25) is 0 Å². The summed E-state index contributed by atoms with van der Waals surface area (Å²) in [6.45, 7) is 8.31. The number of carbonyl (C=O) groups is 3. The number of aromatic nitrogens is 1. The van der Waals surface area contributed by atoms with Crippen LogP contribution in [0.1, 0.15) is 30.6 Å². The van der Waals surface area contributed by atoms with E-state index in [0.717, 1.165) is 42.6 Å². The predicted octanol–water partition coefficient (Wildman–Crippen LogP) is 1.47. The number of hydrogen-bond donors (Lipinski definition) is 2. The highest BCUT2D eigenvalue weighted by Gasteiger charge is 2.53.